The van der Waals surface area contributed by atoms with E-state index >= 15 is 0 Å². The van der Waals surface area contributed by atoms with Crippen molar-refractivity contribution < 1.29 is 13.9 Å². The Hall–Kier alpha value is -2.16. The molecule has 0 amide bonds. The lowest BCUT2D eigenvalue weighted by Gasteiger charge is -2.13. The fourth-order valence-electron chi connectivity index (χ4n) is 2.32. The van der Waals surface area contributed by atoms with E-state index < -0.39 is 0 Å². The van der Waals surface area contributed by atoms with Gasteiger partial charge in [-0.25, -0.2) is 4.99 Å². The lowest BCUT2D eigenvalue weighted by atomic mass is 10.2. The van der Waals surface area contributed by atoms with Crippen LogP contribution in [-0.4, -0.2) is 33.3 Å². The van der Waals surface area contributed by atoms with Crippen molar-refractivity contribution in [1.82, 2.24) is 10.6 Å². The molecule has 148 valence electrons. The van der Waals surface area contributed by atoms with Crippen LogP contribution in [0.1, 0.15) is 18.2 Å². The molecule has 7 heteroatoms. The third-order valence-electron chi connectivity index (χ3n) is 3.67. The molecule has 0 unspecified atom stereocenters. The lowest BCUT2D eigenvalue weighted by Crippen LogP contribution is -2.39. The van der Waals surface area contributed by atoms with Gasteiger partial charge in [0.05, 0.1) is 27.0 Å². The molecule has 2 aromatic rings. The van der Waals surface area contributed by atoms with Gasteiger partial charge >= 0.3 is 0 Å². The topological polar surface area (TPSA) is 68.0 Å². The monoisotopic (exact) mass is 485 g/mol. The molecule has 0 saturated carbocycles. The smallest absolute Gasteiger partial charge is 0.191 e. The van der Waals surface area contributed by atoms with Gasteiger partial charge in [0, 0.05) is 19.5 Å². The molecule has 0 fully saturated rings. The van der Waals surface area contributed by atoms with Gasteiger partial charge in [-0.3, -0.25) is 0 Å². The number of aliphatic imine (C=N–C) groups is 1. The van der Waals surface area contributed by atoms with E-state index in [1.165, 1.54) is 0 Å². The first-order valence-corrected chi connectivity index (χ1v) is 8.52. The van der Waals surface area contributed by atoms with E-state index in [2.05, 4.69) is 22.2 Å². The van der Waals surface area contributed by atoms with Crippen molar-refractivity contribution in [2.45, 2.75) is 19.9 Å². The zero-order valence-electron chi connectivity index (χ0n) is 16.1. The number of hydrogen-bond acceptors (Lipinski definition) is 4. The lowest BCUT2D eigenvalue weighted by molar-refractivity contribution is 0.354. The Labute approximate surface area is 178 Å². The van der Waals surface area contributed by atoms with Crippen LogP contribution in [0.25, 0.3) is 0 Å². The molecule has 0 atom stereocenters. The average Bonchev–Trinajstić information content (AvgIpc) is 3.16. The maximum absolute atomic E-state index is 5.35. The molecule has 0 spiro atoms. The highest BCUT2D eigenvalue weighted by Crippen LogP contribution is 2.27. The molecule has 0 aliphatic heterocycles. The van der Waals surface area contributed by atoms with Gasteiger partial charge in [-0.2, -0.15) is 0 Å². The molecule has 1 aromatic carbocycles. The van der Waals surface area contributed by atoms with E-state index in [0.29, 0.717) is 24.6 Å². The van der Waals surface area contributed by atoms with Crippen LogP contribution in [0.15, 0.2) is 58.2 Å². The Bertz CT molecular complexity index is 730. The largest absolute Gasteiger partial charge is 0.493 e. The van der Waals surface area contributed by atoms with Crippen molar-refractivity contribution in [2.24, 2.45) is 4.99 Å². The Balaban J connectivity index is 0.00000364. The summed E-state index contributed by atoms with van der Waals surface area (Å²) in [4.78, 5) is 4.64. The van der Waals surface area contributed by atoms with Crippen molar-refractivity contribution in [1.29, 1.82) is 0 Å². The van der Waals surface area contributed by atoms with Crippen molar-refractivity contribution in [3.05, 3.63) is 60.1 Å². The average molecular weight is 485 g/mol. The highest BCUT2D eigenvalue weighted by atomic mass is 127. The van der Waals surface area contributed by atoms with Gasteiger partial charge in [0.25, 0.3) is 0 Å². The minimum absolute atomic E-state index is 0. The van der Waals surface area contributed by atoms with Crippen molar-refractivity contribution in [3.63, 3.8) is 0 Å². The summed E-state index contributed by atoms with van der Waals surface area (Å²) in [6.45, 7) is 7.80. The Morgan fingerprint density at radius 1 is 1.15 bits per heavy atom. The van der Waals surface area contributed by atoms with E-state index in [1.807, 2.05) is 37.3 Å². The van der Waals surface area contributed by atoms with Gasteiger partial charge in [0.15, 0.2) is 17.5 Å². The summed E-state index contributed by atoms with van der Waals surface area (Å²) in [6, 6.07) is 9.64. The number of nitrogens with zero attached hydrogens (tertiary/aromatic N) is 1. The molecule has 6 nitrogen and oxygen atoms in total. The van der Waals surface area contributed by atoms with E-state index in [0.717, 1.165) is 35.8 Å². The Kier molecular flexibility index (Phi) is 10.4. The quantitative estimate of drug-likeness (QED) is 0.245. The number of furan rings is 1. The van der Waals surface area contributed by atoms with Crippen LogP contribution in [0.3, 0.4) is 0 Å². The van der Waals surface area contributed by atoms with E-state index in [4.69, 9.17) is 13.9 Å². The number of benzene rings is 1. The molecule has 27 heavy (non-hydrogen) atoms. The molecular formula is C20H28IN3O3. The summed E-state index contributed by atoms with van der Waals surface area (Å²) in [5.74, 6) is 3.07. The van der Waals surface area contributed by atoms with Crippen LogP contribution >= 0.6 is 24.0 Å². The second-order valence-corrected chi connectivity index (χ2v) is 5.92. The highest BCUT2D eigenvalue weighted by molar-refractivity contribution is 14.0. The Morgan fingerprint density at radius 2 is 1.93 bits per heavy atom. The number of nitrogens with one attached hydrogen (secondary N) is 2. The molecule has 2 rings (SSSR count). The third-order valence-corrected chi connectivity index (χ3v) is 3.67. The summed E-state index contributed by atoms with van der Waals surface area (Å²) in [5.41, 5.74) is 2.07. The summed E-state index contributed by atoms with van der Waals surface area (Å²) in [7, 11) is 3.25. The second kappa shape index (κ2) is 12.3. The maximum Gasteiger partial charge on any atom is 0.191 e. The first-order chi connectivity index (χ1) is 12.6. The molecule has 2 N–H and O–H groups in total. The first kappa shape index (κ1) is 22.9. The number of methoxy groups -OCH3 is 2. The van der Waals surface area contributed by atoms with Gasteiger partial charge in [0.1, 0.15) is 5.76 Å². The van der Waals surface area contributed by atoms with Gasteiger partial charge in [-0.1, -0.05) is 18.2 Å². The first-order valence-electron chi connectivity index (χ1n) is 8.52. The standard InChI is InChI=1S/C20H27N3O3.HI/c1-15(2)13-22-20(21-10-9-17-6-5-11-26-17)23-14-16-7-8-18(24-3)19(12-16)25-4;/h5-8,11-12H,1,9-10,13-14H2,2-4H3,(H2,21,22,23);1H. The van der Waals surface area contributed by atoms with Crippen LogP contribution in [-0.2, 0) is 13.0 Å². The van der Waals surface area contributed by atoms with Crippen LogP contribution in [0.4, 0.5) is 0 Å². The van der Waals surface area contributed by atoms with Crippen LogP contribution in [0.2, 0.25) is 0 Å². The molecule has 1 heterocycles. The van der Waals surface area contributed by atoms with E-state index in [-0.39, 0.29) is 24.0 Å². The van der Waals surface area contributed by atoms with Crippen molar-refractivity contribution >= 4 is 29.9 Å². The normalized spacial score (nSPS) is 10.7. The third kappa shape index (κ3) is 7.94. The number of guanidine groups is 1. The SMILES string of the molecule is C=C(C)CNC(=NCc1ccc(OC)c(OC)c1)NCCc1ccco1.I. The molecule has 0 saturated heterocycles. The summed E-state index contributed by atoms with van der Waals surface area (Å²) in [6.07, 6.45) is 2.47. The highest BCUT2D eigenvalue weighted by Gasteiger charge is 2.05. The molecule has 0 bridgehead atoms. The second-order valence-electron chi connectivity index (χ2n) is 5.92. The summed E-state index contributed by atoms with van der Waals surface area (Å²) < 4.78 is 16.0. The summed E-state index contributed by atoms with van der Waals surface area (Å²) >= 11 is 0. The Morgan fingerprint density at radius 3 is 2.56 bits per heavy atom. The molecule has 0 radical (unpaired) electrons. The fourth-order valence-corrected chi connectivity index (χ4v) is 2.32. The van der Waals surface area contributed by atoms with E-state index in [9.17, 15) is 0 Å². The predicted octanol–water partition coefficient (Wildman–Crippen LogP) is 3.77. The fraction of sp³-hybridized carbons (Fsp3) is 0.350. The van der Waals surface area contributed by atoms with Gasteiger partial charge in [0.2, 0.25) is 0 Å². The molecule has 0 aliphatic carbocycles. The van der Waals surface area contributed by atoms with E-state index in [1.54, 1.807) is 20.5 Å². The van der Waals surface area contributed by atoms with Crippen LogP contribution < -0.4 is 20.1 Å². The molecular weight excluding hydrogens is 457 g/mol. The van der Waals surface area contributed by atoms with Gasteiger partial charge < -0.3 is 24.5 Å². The minimum Gasteiger partial charge on any atom is -0.493 e. The number of halogens is 1. The molecule has 0 aliphatic rings. The van der Waals surface area contributed by atoms with Gasteiger partial charge in [-0.05, 0) is 36.8 Å². The number of rotatable bonds is 9. The van der Waals surface area contributed by atoms with Gasteiger partial charge in [-0.15, -0.1) is 24.0 Å². The van der Waals surface area contributed by atoms with Crippen molar-refractivity contribution in [2.75, 3.05) is 27.3 Å². The minimum atomic E-state index is 0. The molecule has 1 aromatic heterocycles. The summed E-state index contributed by atoms with van der Waals surface area (Å²) in [5, 5.41) is 6.59. The maximum atomic E-state index is 5.35. The van der Waals surface area contributed by atoms with Crippen LogP contribution in [0.5, 0.6) is 11.5 Å². The zero-order chi connectivity index (χ0) is 18.8. The number of hydrogen-bond donors (Lipinski definition) is 2. The predicted molar refractivity (Wildman–Crippen MR) is 119 cm³/mol. The van der Waals surface area contributed by atoms with Crippen LogP contribution in [0, 0.1) is 0 Å². The number of ether oxygens (including phenoxy) is 2. The van der Waals surface area contributed by atoms with Crippen molar-refractivity contribution in [3.8, 4) is 11.5 Å². The zero-order valence-corrected chi connectivity index (χ0v) is 18.4.